The molecule has 2 aliphatic heterocycles. The number of carbonyl (C=O) groups is 2. The molecule has 0 radical (unpaired) electrons. The smallest absolute Gasteiger partial charge is 0.357 e. The normalized spacial score (nSPS) is 18.5. The maximum absolute atomic E-state index is 12.9. The number of aromatic nitrogens is 1. The maximum Gasteiger partial charge on any atom is 0.416 e. The van der Waals surface area contributed by atoms with E-state index < -0.39 is 22.9 Å². The number of benzene rings is 1. The Balaban J connectivity index is 1.34. The van der Waals surface area contributed by atoms with Gasteiger partial charge in [0.25, 0.3) is 0 Å². The highest BCUT2D eigenvalue weighted by atomic mass is 32.2. The largest absolute Gasteiger partial charge is 0.416 e. The van der Waals surface area contributed by atoms with Gasteiger partial charge in [-0.1, -0.05) is 0 Å². The fourth-order valence-electron chi connectivity index (χ4n) is 3.59. The topological polar surface area (TPSA) is 74.3 Å². The Morgan fingerprint density at radius 1 is 1.23 bits per heavy atom. The molecule has 0 aliphatic carbocycles. The van der Waals surface area contributed by atoms with Gasteiger partial charge in [0.2, 0.25) is 11.8 Å². The first-order valence-electron chi connectivity index (χ1n) is 9.95. The van der Waals surface area contributed by atoms with Gasteiger partial charge in [0.1, 0.15) is 5.82 Å². The quantitative estimate of drug-likeness (QED) is 0.725. The van der Waals surface area contributed by atoms with Crippen molar-refractivity contribution in [2.45, 2.75) is 42.1 Å². The van der Waals surface area contributed by atoms with Gasteiger partial charge >= 0.3 is 6.18 Å². The number of amides is 2. The van der Waals surface area contributed by atoms with Gasteiger partial charge in [0.15, 0.2) is 0 Å². The summed E-state index contributed by atoms with van der Waals surface area (Å²) < 4.78 is 38.6. The summed E-state index contributed by atoms with van der Waals surface area (Å²) in [5, 5.41) is 4.59. The van der Waals surface area contributed by atoms with E-state index in [4.69, 9.17) is 0 Å². The van der Waals surface area contributed by atoms with Gasteiger partial charge in [-0.15, -0.1) is 11.8 Å². The molecule has 2 aromatic rings. The van der Waals surface area contributed by atoms with Crippen LogP contribution < -0.4 is 15.5 Å². The first-order valence-corrected chi connectivity index (χ1v) is 10.8. The lowest BCUT2D eigenvalue weighted by atomic mass is 10.1. The van der Waals surface area contributed by atoms with Gasteiger partial charge in [-0.2, -0.15) is 13.2 Å². The minimum Gasteiger partial charge on any atom is -0.357 e. The van der Waals surface area contributed by atoms with Gasteiger partial charge < -0.3 is 15.5 Å². The van der Waals surface area contributed by atoms with E-state index in [2.05, 4.69) is 20.5 Å². The van der Waals surface area contributed by atoms with Crippen LogP contribution in [0.4, 0.5) is 24.7 Å². The molecule has 0 unspecified atom stereocenters. The lowest BCUT2D eigenvalue weighted by Gasteiger charge is -2.24. The van der Waals surface area contributed by atoms with Crippen LogP contribution in [0.2, 0.25) is 0 Å². The van der Waals surface area contributed by atoms with Crippen molar-refractivity contribution in [3.63, 3.8) is 0 Å². The Hall–Kier alpha value is -2.75. The van der Waals surface area contributed by atoms with E-state index in [1.807, 2.05) is 12.1 Å². The maximum atomic E-state index is 12.9. The Kier molecular flexibility index (Phi) is 6.08. The first kappa shape index (κ1) is 21.5. The van der Waals surface area contributed by atoms with E-state index in [0.717, 1.165) is 61.2 Å². The first-order chi connectivity index (χ1) is 14.8. The zero-order valence-corrected chi connectivity index (χ0v) is 17.4. The third-order valence-corrected chi connectivity index (χ3v) is 6.50. The molecular formula is C21H21F3N4O2S. The molecule has 6 nitrogen and oxygen atoms in total. The fourth-order valence-corrected chi connectivity index (χ4v) is 4.68. The molecule has 2 N–H and O–H groups in total. The van der Waals surface area contributed by atoms with Crippen molar-refractivity contribution in [2.75, 3.05) is 23.3 Å². The van der Waals surface area contributed by atoms with Crippen molar-refractivity contribution >= 4 is 35.1 Å². The predicted molar refractivity (Wildman–Crippen MR) is 112 cm³/mol. The second kappa shape index (κ2) is 8.78. The zero-order valence-electron chi connectivity index (χ0n) is 16.5. The number of alkyl halides is 3. The lowest BCUT2D eigenvalue weighted by molar-refractivity contribution is -0.137. The van der Waals surface area contributed by atoms with Gasteiger partial charge in [-0.25, -0.2) is 4.98 Å². The van der Waals surface area contributed by atoms with Crippen LogP contribution in [-0.4, -0.2) is 35.1 Å². The number of pyridine rings is 1. The third-order valence-electron chi connectivity index (χ3n) is 5.23. The molecule has 1 saturated heterocycles. The summed E-state index contributed by atoms with van der Waals surface area (Å²) in [6.45, 7) is 2.26. The van der Waals surface area contributed by atoms with Crippen molar-refractivity contribution < 1.29 is 22.8 Å². The molecule has 1 aromatic heterocycles. The standard InChI is InChI=1S/C21H21F3N4O2S/c22-21(23,24)14-3-4-16-15(10-14)27-20(30)17(31-16)11-19(29)26-12-13-5-6-25-18(9-13)28-7-1-2-8-28/h3-6,9-10,17H,1-2,7-8,11-12H2,(H,26,29)(H,27,30)/t17-/m1/s1. The summed E-state index contributed by atoms with van der Waals surface area (Å²) in [6.07, 6.45) is -0.551. The summed E-state index contributed by atoms with van der Waals surface area (Å²) >= 11 is 1.10. The molecule has 0 spiro atoms. The van der Waals surface area contributed by atoms with Crippen molar-refractivity contribution in [3.05, 3.63) is 47.7 Å². The van der Waals surface area contributed by atoms with Crippen molar-refractivity contribution in [1.82, 2.24) is 10.3 Å². The van der Waals surface area contributed by atoms with E-state index in [1.165, 1.54) is 6.07 Å². The van der Waals surface area contributed by atoms with Gasteiger partial charge in [0, 0.05) is 37.1 Å². The summed E-state index contributed by atoms with van der Waals surface area (Å²) in [5.74, 6) is 0.107. The highest BCUT2D eigenvalue weighted by molar-refractivity contribution is 8.01. The van der Waals surface area contributed by atoms with E-state index in [9.17, 15) is 22.8 Å². The average molecular weight is 450 g/mol. The second-order valence-corrected chi connectivity index (χ2v) is 8.75. The van der Waals surface area contributed by atoms with Crippen LogP contribution in [0.25, 0.3) is 0 Å². The van der Waals surface area contributed by atoms with E-state index in [0.29, 0.717) is 11.4 Å². The zero-order chi connectivity index (χ0) is 22.0. The molecule has 0 saturated carbocycles. The number of nitrogens with zero attached hydrogens (tertiary/aromatic N) is 2. The Labute approximate surface area is 181 Å². The van der Waals surface area contributed by atoms with Crippen LogP contribution in [0.5, 0.6) is 0 Å². The highest BCUT2D eigenvalue weighted by Gasteiger charge is 2.34. The minimum absolute atomic E-state index is 0.0684. The van der Waals surface area contributed by atoms with Crippen molar-refractivity contribution in [3.8, 4) is 0 Å². The van der Waals surface area contributed by atoms with Crippen LogP contribution in [0.15, 0.2) is 41.4 Å². The average Bonchev–Trinajstić information content (AvgIpc) is 3.27. The number of nitrogens with one attached hydrogen (secondary N) is 2. The molecule has 4 rings (SSSR count). The summed E-state index contributed by atoms with van der Waals surface area (Å²) in [7, 11) is 0. The summed E-state index contributed by atoms with van der Waals surface area (Å²) in [6, 6.07) is 6.99. The number of fused-ring (bicyclic) bond motifs is 1. The molecule has 1 fully saturated rings. The Bertz CT molecular complexity index is 993. The number of rotatable bonds is 5. The number of thioether (sulfide) groups is 1. The van der Waals surface area contributed by atoms with Crippen LogP contribution in [-0.2, 0) is 22.3 Å². The monoisotopic (exact) mass is 450 g/mol. The molecule has 164 valence electrons. The Morgan fingerprint density at radius 2 is 2.00 bits per heavy atom. The molecule has 2 aliphatic rings. The predicted octanol–water partition coefficient (Wildman–Crippen LogP) is 3.82. The molecule has 31 heavy (non-hydrogen) atoms. The fraction of sp³-hybridized carbons (Fsp3) is 0.381. The van der Waals surface area contributed by atoms with Crippen LogP contribution >= 0.6 is 11.8 Å². The molecule has 3 heterocycles. The SMILES string of the molecule is O=C(C[C@H]1Sc2ccc(C(F)(F)F)cc2NC1=O)NCc1ccnc(N2CCCC2)c1. The third kappa shape index (κ3) is 5.12. The van der Waals surface area contributed by atoms with Crippen LogP contribution in [0, 0.1) is 0 Å². The van der Waals surface area contributed by atoms with Crippen molar-refractivity contribution in [1.29, 1.82) is 0 Å². The summed E-state index contributed by atoms with van der Waals surface area (Å²) in [4.78, 5) is 31.8. The summed E-state index contributed by atoms with van der Waals surface area (Å²) in [5.41, 5.74) is 0.206. The van der Waals surface area contributed by atoms with Crippen molar-refractivity contribution in [2.24, 2.45) is 0 Å². The molecule has 1 atom stereocenters. The molecular weight excluding hydrogens is 429 g/mol. The minimum atomic E-state index is -4.48. The van der Waals surface area contributed by atoms with E-state index in [-0.39, 0.29) is 18.0 Å². The van der Waals surface area contributed by atoms with E-state index >= 15 is 0 Å². The molecule has 0 bridgehead atoms. The Morgan fingerprint density at radius 3 is 2.74 bits per heavy atom. The molecule has 10 heteroatoms. The van der Waals surface area contributed by atoms with Gasteiger partial charge in [0.05, 0.1) is 16.5 Å². The lowest BCUT2D eigenvalue weighted by Crippen LogP contribution is -2.34. The number of hydrogen-bond donors (Lipinski definition) is 2. The second-order valence-electron chi connectivity index (χ2n) is 7.50. The van der Waals surface area contributed by atoms with Gasteiger partial charge in [-0.3, -0.25) is 9.59 Å². The van der Waals surface area contributed by atoms with Gasteiger partial charge in [-0.05, 0) is 48.7 Å². The van der Waals surface area contributed by atoms with Crippen LogP contribution in [0.1, 0.15) is 30.4 Å². The van der Waals surface area contributed by atoms with Crippen LogP contribution in [0.3, 0.4) is 0 Å². The molecule has 2 amide bonds. The number of hydrogen-bond acceptors (Lipinski definition) is 5. The number of halogens is 3. The highest BCUT2D eigenvalue weighted by Crippen LogP contribution is 2.40. The van der Waals surface area contributed by atoms with E-state index in [1.54, 1.807) is 6.20 Å². The number of anilines is 2. The molecule has 1 aromatic carbocycles. The number of carbonyl (C=O) groups excluding carboxylic acids is 2.